The number of anilines is 1. The number of hydrogen-bond acceptors (Lipinski definition) is 4. The Morgan fingerprint density at radius 1 is 1.50 bits per heavy atom. The van der Waals surface area contributed by atoms with Crippen molar-refractivity contribution in [3.8, 4) is 0 Å². The second kappa shape index (κ2) is 3.81. The van der Waals surface area contributed by atoms with E-state index in [9.17, 15) is 14.9 Å². The predicted molar refractivity (Wildman–Crippen MR) is 52.7 cm³/mol. The fourth-order valence-corrected chi connectivity index (χ4v) is 1.35. The molecule has 0 unspecified atom stereocenters. The van der Waals surface area contributed by atoms with Crippen LogP contribution in [0, 0.1) is 10.1 Å². The zero-order chi connectivity index (χ0) is 10.9. The first-order chi connectivity index (χ1) is 6.43. The van der Waals surface area contributed by atoms with Gasteiger partial charge in [0.05, 0.1) is 15.5 Å². The second-order valence-corrected chi connectivity index (χ2v) is 3.17. The number of nitrogens with zero attached hydrogens (tertiary/aromatic N) is 1. The van der Waals surface area contributed by atoms with Gasteiger partial charge in [-0.3, -0.25) is 14.9 Å². The smallest absolute Gasteiger partial charge is 0.292 e. The molecule has 0 fully saturated rings. The molecular formula is C7H4Cl2N2O3. The molecule has 0 amide bonds. The molecule has 0 spiro atoms. The van der Waals surface area contributed by atoms with Crippen LogP contribution in [0.1, 0.15) is 10.4 Å². The number of nitrogen functional groups attached to an aromatic ring is 1. The molecule has 14 heavy (non-hydrogen) atoms. The molecule has 1 aromatic carbocycles. The van der Waals surface area contributed by atoms with Crippen molar-refractivity contribution in [1.82, 2.24) is 0 Å². The fourth-order valence-electron chi connectivity index (χ4n) is 0.886. The Morgan fingerprint density at radius 3 is 2.50 bits per heavy atom. The topological polar surface area (TPSA) is 86.2 Å². The van der Waals surface area contributed by atoms with E-state index >= 15 is 0 Å². The third-order valence-electron chi connectivity index (χ3n) is 1.52. The van der Waals surface area contributed by atoms with Crippen LogP contribution in [0.25, 0.3) is 0 Å². The Hall–Kier alpha value is -1.33. The summed E-state index contributed by atoms with van der Waals surface area (Å²) in [4.78, 5) is 20.5. The fraction of sp³-hybridized carbons (Fsp3) is 0. The predicted octanol–water partition coefficient (Wildman–Crippen LogP) is 2.21. The number of carbonyl (C=O) groups is 1. The van der Waals surface area contributed by atoms with E-state index in [1.54, 1.807) is 0 Å². The number of hydrogen-bond donors (Lipinski definition) is 1. The highest BCUT2D eigenvalue weighted by molar-refractivity contribution is 6.68. The molecule has 1 rings (SSSR count). The van der Waals surface area contributed by atoms with Crippen molar-refractivity contribution in [3.63, 3.8) is 0 Å². The molecule has 0 aliphatic carbocycles. The largest absolute Gasteiger partial charge is 0.393 e. The summed E-state index contributed by atoms with van der Waals surface area (Å²) in [5.74, 6) is 0. The highest BCUT2D eigenvalue weighted by Crippen LogP contribution is 2.29. The van der Waals surface area contributed by atoms with Gasteiger partial charge in [0.25, 0.3) is 10.9 Å². The summed E-state index contributed by atoms with van der Waals surface area (Å²) in [7, 11) is 0. The van der Waals surface area contributed by atoms with Gasteiger partial charge >= 0.3 is 0 Å². The van der Waals surface area contributed by atoms with Crippen LogP contribution in [0.3, 0.4) is 0 Å². The van der Waals surface area contributed by atoms with Gasteiger partial charge in [-0.25, -0.2) is 0 Å². The first-order valence-corrected chi connectivity index (χ1v) is 4.12. The number of carbonyl (C=O) groups excluding carboxylic acids is 1. The summed E-state index contributed by atoms with van der Waals surface area (Å²) < 4.78 is 0. The lowest BCUT2D eigenvalue weighted by Crippen LogP contribution is -1.99. The van der Waals surface area contributed by atoms with Crippen LogP contribution >= 0.6 is 23.2 Å². The molecule has 0 atom stereocenters. The molecule has 74 valence electrons. The molecule has 0 aliphatic rings. The van der Waals surface area contributed by atoms with Crippen molar-refractivity contribution in [3.05, 3.63) is 32.8 Å². The van der Waals surface area contributed by atoms with E-state index in [0.717, 1.165) is 12.1 Å². The van der Waals surface area contributed by atoms with Crippen molar-refractivity contribution in [2.75, 3.05) is 5.73 Å². The SMILES string of the molecule is Nc1cc(Cl)c(C(=O)Cl)cc1[N+](=O)[O-]. The first-order valence-electron chi connectivity index (χ1n) is 3.36. The number of nitrogens with two attached hydrogens (primary N) is 1. The molecular weight excluding hydrogens is 231 g/mol. The maximum absolute atomic E-state index is 10.8. The van der Waals surface area contributed by atoms with Gasteiger partial charge in [-0.15, -0.1) is 0 Å². The van der Waals surface area contributed by atoms with Crippen molar-refractivity contribution < 1.29 is 9.72 Å². The lowest BCUT2D eigenvalue weighted by atomic mass is 10.2. The van der Waals surface area contributed by atoms with E-state index in [0.29, 0.717) is 0 Å². The van der Waals surface area contributed by atoms with E-state index in [-0.39, 0.29) is 16.3 Å². The first kappa shape index (κ1) is 10.7. The van der Waals surface area contributed by atoms with Gasteiger partial charge in [-0.2, -0.15) is 0 Å². The molecule has 7 heteroatoms. The number of rotatable bonds is 2. The van der Waals surface area contributed by atoms with E-state index in [1.807, 2.05) is 0 Å². The van der Waals surface area contributed by atoms with Gasteiger partial charge in [0.2, 0.25) is 0 Å². The Balaban J connectivity index is 3.42. The van der Waals surface area contributed by atoms with Crippen LogP contribution in [0.15, 0.2) is 12.1 Å². The van der Waals surface area contributed by atoms with Gasteiger partial charge in [-0.05, 0) is 17.7 Å². The Morgan fingerprint density at radius 2 is 2.07 bits per heavy atom. The average Bonchev–Trinajstić information content (AvgIpc) is 2.02. The summed E-state index contributed by atoms with van der Waals surface area (Å²) in [6, 6.07) is 2.07. The Bertz CT molecular complexity index is 384. The summed E-state index contributed by atoms with van der Waals surface area (Å²) in [6.07, 6.45) is 0. The number of nitro groups is 1. The van der Waals surface area contributed by atoms with Crippen molar-refractivity contribution >= 4 is 39.8 Å². The van der Waals surface area contributed by atoms with Crippen LogP contribution in [0.4, 0.5) is 11.4 Å². The van der Waals surface area contributed by atoms with Gasteiger partial charge < -0.3 is 5.73 Å². The van der Waals surface area contributed by atoms with E-state index in [1.165, 1.54) is 0 Å². The molecule has 0 radical (unpaired) electrons. The molecule has 0 saturated heterocycles. The zero-order valence-electron chi connectivity index (χ0n) is 6.66. The van der Waals surface area contributed by atoms with Crippen molar-refractivity contribution in [2.45, 2.75) is 0 Å². The van der Waals surface area contributed by atoms with Crippen LogP contribution in [-0.2, 0) is 0 Å². The maximum Gasteiger partial charge on any atom is 0.292 e. The van der Waals surface area contributed by atoms with Gasteiger partial charge in [0.15, 0.2) is 0 Å². The van der Waals surface area contributed by atoms with Crippen LogP contribution in [-0.4, -0.2) is 10.2 Å². The summed E-state index contributed by atoms with van der Waals surface area (Å²) in [6.45, 7) is 0. The lowest BCUT2D eigenvalue weighted by Gasteiger charge is -2.01. The van der Waals surface area contributed by atoms with E-state index in [4.69, 9.17) is 28.9 Å². The van der Waals surface area contributed by atoms with Gasteiger partial charge in [0.1, 0.15) is 5.69 Å². The highest BCUT2D eigenvalue weighted by atomic mass is 35.5. The van der Waals surface area contributed by atoms with Crippen molar-refractivity contribution in [1.29, 1.82) is 0 Å². The lowest BCUT2D eigenvalue weighted by molar-refractivity contribution is -0.383. The summed E-state index contributed by atoms with van der Waals surface area (Å²) >= 11 is 10.7. The van der Waals surface area contributed by atoms with Crippen LogP contribution in [0.5, 0.6) is 0 Å². The highest BCUT2D eigenvalue weighted by Gasteiger charge is 2.18. The molecule has 0 aromatic heterocycles. The van der Waals surface area contributed by atoms with Crippen molar-refractivity contribution in [2.24, 2.45) is 0 Å². The average molecular weight is 235 g/mol. The van der Waals surface area contributed by atoms with E-state index < -0.39 is 15.9 Å². The quantitative estimate of drug-likeness (QED) is 0.368. The van der Waals surface area contributed by atoms with Crippen LogP contribution in [0.2, 0.25) is 5.02 Å². The second-order valence-electron chi connectivity index (χ2n) is 2.42. The molecule has 0 bridgehead atoms. The minimum absolute atomic E-state index is 0.00639. The monoisotopic (exact) mass is 234 g/mol. The summed E-state index contributed by atoms with van der Waals surface area (Å²) in [5.41, 5.74) is 4.68. The molecule has 1 aromatic rings. The molecule has 5 nitrogen and oxygen atoms in total. The van der Waals surface area contributed by atoms with Gasteiger partial charge in [-0.1, -0.05) is 11.6 Å². The third kappa shape index (κ3) is 1.94. The minimum Gasteiger partial charge on any atom is -0.393 e. The zero-order valence-corrected chi connectivity index (χ0v) is 8.17. The Kier molecular flexibility index (Phi) is 2.93. The molecule has 2 N–H and O–H groups in total. The number of halogens is 2. The third-order valence-corrected chi connectivity index (χ3v) is 2.04. The maximum atomic E-state index is 10.8. The molecule has 0 saturated carbocycles. The van der Waals surface area contributed by atoms with Crippen LogP contribution < -0.4 is 5.73 Å². The van der Waals surface area contributed by atoms with E-state index in [2.05, 4.69) is 0 Å². The van der Waals surface area contributed by atoms with Gasteiger partial charge in [0, 0.05) is 6.07 Å². The minimum atomic E-state index is -0.863. The Labute approximate surface area is 88.6 Å². The number of benzene rings is 1. The normalized spacial score (nSPS) is 9.86. The molecule has 0 heterocycles. The summed E-state index contributed by atoms with van der Waals surface area (Å²) in [5, 5.41) is 9.57. The molecule has 0 aliphatic heterocycles. The number of nitro benzene ring substituents is 1. The standard InChI is InChI=1S/C7H4Cl2N2O3/c8-4-2-5(10)6(11(13)14)1-3(4)7(9)12/h1-2H,10H2.